The van der Waals surface area contributed by atoms with Gasteiger partial charge in [0.1, 0.15) is 11.2 Å². The Morgan fingerprint density at radius 3 is 1.64 bits per heavy atom. The molecule has 0 unspecified atom stereocenters. The minimum Gasteiger partial charge on any atom is -0.454 e. The average molecular weight is 714 g/mol. The summed E-state index contributed by atoms with van der Waals surface area (Å²) in [6.07, 6.45) is 0. The lowest BCUT2D eigenvalue weighted by Gasteiger charge is -2.25. The van der Waals surface area contributed by atoms with Crippen LogP contribution in [0.2, 0.25) is 0 Å². The van der Waals surface area contributed by atoms with Crippen LogP contribution in [0.1, 0.15) is 0 Å². The highest BCUT2D eigenvalue weighted by molar-refractivity contribution is 7.29. The monoisotopic (exact) mass is 713 g/mol. The summed E-state index contributed by atoms with van der Waals surface area (Å²) in [4.78, 5) is 2.29. The van der Waals surface area contributed by atoms with Gasteiger partial charge < -0.3 is 13.7 Å². The van der Waals surface area contributed by atoms with E-state index < -0.39 is 0 Å². The van der Waals surface area contributed by atoms with E-state index in [1.807, 2.05) is 46.9 Å². The first-order valence-corrected chi connectivity index (χ1v) is 19.4. The van der Waals surface area contributed by atoms with Crippen molar-refractivity contribution in [1.82, 2.24) is 0 Å². The first-order valence-electron chi connectivity index (χ1n) is 17.7. The molecule has 0 bridgehead atoms. The van der Waals surface area contributed by atoms with Crippen molar-refractivity contribution >= 4 is 124 Å². The van der Waals surface area contributed by atoms with Crippen LogP contribution in [0.25, 0.3) is 95.3 Å². The van der Waals surface area contributed by atoms with E-state index in [1.165, 1.54) is 51.5 Å². The zero-order chi connectivity index (χ0) is 34.6. The average Bonchev–Trinajstić information content (AvgIpc) is 3.98. The molecule has 0 aliphatic heterocycles. The third-order valence-corrected chi connectivity index (χ3v) is 13.0. The van der Waals surface area contributed by atoms with E-state index in [0.717, 1.165) is 60.9 Å². The van der Waals surface area contributed by atoms with E-state index in [4.69, 9.17) is 8.83 Å². The molecule has 3 nitrogen and oxygen atoms in total. The topological polar surface area (TPSA) is 29.5 Å². The standard InChI is InChI=1S/C48H27NO2S2/c1-4-18-39-31(10-1)34-14-7-16-37(46(34)50-39)49(38-17-8-15-35-32-11-2-5-19-40(32)51-47(35)38)29-24-22-28(23-25-29)30-13-9-21-42-44(30)45-43(52-42)27-26-36-33-12-3-6-20-41(33)53-48(36)45/h1-27H. The van der Waals surface area contributed by atoms with Gasteiger partial charge in [-0.15, -0.1) is 22.7 Å². The van der Waals surface area contributed by atoms with Gasteiger partial charge in [0.25, 0.3) is 0 Å². The minimum atomic E-state index is 0.841. The van der Waals surface area contributed by atoms with Gasteiger partial charge in [-0.25, -0.2) is 0 Å². The summed E-state index contributed by atoms with van der Waals surface area (Å²) in [5, 5.41) is 9.72. The number of fused-ring (bicyclic) bond motifs is 13. The lowest BCUT2D eigenvalue weighted by molar-refractivity contribution is 0.666. The van der Waals surface area contributed by atoms with Gasteiger partial charge in [0, 0.05) is 67.6 Å². The number of thiophene rings is 2. The molecule has 248 valence electrons. The first kappa shape index (κ1) is 29.2. The van der Waals surface area contributed by atoms with Crippen molar-refractivity contribution in [3.8, 4) is 11.1 Å². The molecule has 0 saturated carbocycles. The SMILES string of the molecule is c1ccc2c(c1)oc1c(N(c3ccc(-c4cccc5sc6ccc7c8ccccc8sc7c6c45)cc3)c3cccc4c3oc3ccccc34)cccc12. The molecule has 0 aliphatic rings. The molecule has 0 spiro atoms. The largest absolute Gasteiger partial charge is 0.454 e. The number of nitrogens with zero attached hydrogens (tertiary/aromatic N) is 1. The van der Waals surface area contributed by atoms with Crippen molar-refractivity contribution in [1.29, 1.82) is 0 Å². The van der Waals surface area contributed by atoms with Crippen molar-refractivity contribution in [3.05, 3.63) is 164 Å². The van der Waals surface area contributed by atoms with Crippen LogP contribution in [0.15, 0.2) is 173 Å². The van der Waals surface area contributed by atoms with Gasteiger partial charge in [-0.2, -0.15) is 0 Å². The van der Waals surface area contributed by atoms with Gasteiger partial charge in [-0.3, -0.25) is 0 Å². The number of hydrogen-bond donors (Lipinski definition) is 0. The first-order chi connectivity index (χ1) is 26.3. The predicted octanol–water partition coefficient (Wildman–Crippen LogP) is 15.4. The van der Waals surface area contributed by atoms with Crippen LogP contribution in [0.4, 0.5) is 17.1 Å². The second-order valence-electron chi connectivity index (χ2n) is 13.6. The van der Waals surface area contributed by atoms with Crippen LogP contribution in [-0.2, 0) is 0 Å². The highest BCUT2D eigenvalue weighted by Gasteiger charge is 2.24. The van der Waals surface area contributed by atoms with Crippen LogP contribution in [-0.4, -0.2) is 0 Å². The van der Waals surface area contributed by atoms with Gasteiger partial charge in [-0.1, -0.05) is 109 Å². The molecule has 0 atom stereocenters. The molecule has 53 heavy (non-hydrogen) atoms. The van der Waals surface area contributed by atoms with Crippen LogP contribution in [0.3, 0.4) is 0 Å². The predicted molar refractivity (Wildman–Crippen MR) is 227 cm³/mol. The Kier molecular flexibility index (Phi) is 6.09. The molecule has 8 aromatic carbocycles. The van der Waals surface area contributed by atoms with Crippen molar-refractivity contribution in [3.63, 3.8) is 0 Å². The van der Waals surface area contributed by atoms with Crippen LogP contribution < -0.4 is 4.90 Å². The smallest absolute Gasteiger partial charge is 0.159 e. The number of anilines is 3. The quantitative estimate of drug-likeness (QED) is 0.182. The van der Waals surface area contributed by atoms with E-state index >= 15 is 0 Å². The summed E-state index contributed by atoms with van der Waals surface area (Å²) in [6, 6.07) is 58.5. The van der Waals surface area contributed by atoms with Crippen molar-refractivity contribution in [2.75, 3.05) is 4.90 Å². The molecule has 4 aromatic heterocycles. The van der Waals surface area contributed by atoms with Crippen molar-refractivity contribution in [2.45, 2.75) is 0 Å². The zero-order valence-corrected chi connectivity index (χ0v) is 29.8. The van der Waals surface area contributed by atoms with Gasteiger partial charge >= 0.3 is 0 Å². The third kappa shape index (κ3) is 4.20. The van der Waals surface area contributed by atoms with Crippen LogP contribution in [0, 0.1) is 0 Å². The maximum Gasteiger partial charge on any atom is 0.159 e. The molecule has 0 saturated heterocycles. The summed E-state index contributed by atoms with van der Waals surface area (Å²) < 4.78 is 18.6. The Bertz CT molecular complexity index is 3300. The van der Waals surface area contributed by atoms with Crippen molar-refractivity contribution in [2.24, 2.45) is 0 Å². The second-order valence-corrected chi connectivity index (χ2v) is 15.7. The van der Waals surface area contributed by atoms with E-state index in [9.17, 15) is 0 Å². The summed E-state index contributed by atoms with van der Waals surface area (Å²) in [5.74, 6) is 0. The molecular weight excluding hydrogens is 687 g/mol. The Hall–Kier alpha value is -6.40. The molecule has 12 rings (SSSR count). The molecule has 5 heteroatoms. The zero-order valence-electron chi connectivity index (χ0n) is 28.2. The summed E-state index contributed by atoms with van der Waals surface area (Å²) in [7, 11) is 0. The molecule has 0 aliphatic carbocycles. The Morgan fingerprint density at radius 1 is 0.377 bits per heavy atom. The Balaban J connectivity index is 1.09. The summed E-state index contributed by atoms with van der Waals surface area (Å²) >= 11 is 3.78. The fourth-order valence-electron chi connectivity index (χ4n) is 8.34. The van der Waals surface area contributed by atoms with Crippen molar-refractivity contribution < 1.29 is 8.83 Å². The van der Waals surface area contributed by atoms with E-state index in [1.54, 1.807) is 0 Å². The lowest BCUT2D eigenvalue weighted by atomic mass is 9.98. The highest BCUT2D eigenvalue weighted by Crippen LogP contribution is 2.49. The fraction of sp³-hybridized carbons (Fsp3) is 0. The van der Waals surface area contributed by atoms with Gasteiger partial charge in [-0.05, 0) is 65.7 Å². The van der Waals surface area contributed by atoms with Gasteiger partial charge in [0.2, 0.25) is 0 Å². The summed E-state index contributed by atoms with van der Waals surface area (Å²) in [5.41, 5.74) is 8.78. The third-order valence-electron chi connectivity index (χ3n) is 10.7. The lowest BCUT2D eigenvalue weighted by Crippen LogP contribution is -2.10. The Labute approximate surface area is 311 Å². The highest BCUT2D eigenvalue weighted by atomic mass is 32.1. The molecule has 0 N–H and O–H groups in total. The normalized spacial score (nSPS) is 12.2. The molecule has 12 aromatic rings. The molecule has 0 fully saturated rings. The number of para-hydroxylation sites is 4. The van der Waals surface area contributed by atoms with Gasteiger partial charge in [0.05, 0.1) is 11.4 Å². The molecular formula is C48H27NO2S2. The van der Waals surface area contributed by atoms with Crippen LogP contribution >= 0.6 is 22.7 Å². The number of hydrogen-bond acceptors (Lipinski definition) is 5. The van der Waals surface area contributed by atoms with Crippen LogP contribution in [0.5, 0.6) is 0 Å². The molecule has 4 heterocycles. The molecule has 0 amide bonds. The minimum absolute atomic E-state index is 0.841. The number of furan rings is 2. The number of rotatable bonds is 4. The summed E-state index contributed by atoms with van der Waals surface area (Å²) in [6.45, 7) is 0. The van der Waals surface area contributed by atoms with E-state index in [-0.39, 0.29) is 0 Å². The molecule has 0 radical (unpaired) electrons. The fourth-order valence-corrected chi connectivity index (χ4v) is 10.8. The second kappa shape index (κ2) is 11.1. The van der Waals surface area contributed by atoms with E-state index in [0.29, 0.717) is 0 Å². The maximum atomic E-state index is 6.64. The Morgan fingerprint density at radius 2 is 0.943 bits per heavy atom. The van der Waals surface area contributed by atoms with Gasteiger partial charge in [0.15, 0.2) is 11.2 Å². The number of benzene rings is 8. The van der Waals surface area contributed by atoms with E-state index in [2.05, 4.69) is 144 Å². The maximum absolute atomic E-state index is 6.64.